The van der Waals surface area contributed by atoms with Gasteiger partial charge < -0.3 is 5.11 Å². The Bertz CT molecular complexity index is 495. The average Bonchev–Trinajstić information content (AvgIpc) is 2.30. The molecule has 88 valence electrons. The van der Waals surface area contributed by atoms with Gasteiger partial charge in [0.05, 0.1) is 11.3 Å². The molecular formula is C10H9FN4O2. The van der Waals surface area contributed by atoms with E-state index in [0.29, 0.717) is 6.42 Å². The monoisotopic (exact) mass is 236 g/mol. The van der Waals surface area contributed by atoms with E-state index < -0.39 is 17.3 Å². The number of pyridine rings is 1. The lowest BCUT2D eigenvalue weighted by Crippen LogP contribution is -2.03. The molecule has 0 aliphatic heterocycles. The van der Waals surface area contributed by atoms with Crippen LogP contribution in [0.1, 0.15) is 22.5 Å². The van der Waals surface area contributed by atoms with Gasteiger partial charge in [-0.15, -0.1) is 0 Å². The first-order chi connectivity index (χ1) is 8.16. The zero-order valence-electron chi connectivity index (χ0n) is 8.75. The zero-order valence-corrected chi connectivity index (χ0v) is 8.75. The summed E-state index contributed by atoms with van der Waals surface area (Å²) < 4.78 is 13.5. The van der Waals surface area contributed by atoms with Crippen molar-refractivity contribution in [1.82, 2.24) is 4.98 Å². The molecule has 0 bridgehead atoms. The molecular weight excluding hydrogens is 227 g/mol. The minimum atomic E-state index is -1.34. The first-order valence-electron chi connectivity index (χ1n) is 4.72. The summed E-state index contributed by atoms with van der Waals surface area (Å²) in [4.78, 5) is 16.9. The molecule has 7 heteroatoms. The fourth-order valence-electron chi connectivity index (χ4n) is 1.11. The second kappa shape index (κ2) is 6.24. The highest BCUT2D eigenvalue weighted by Crippen LogP contribution is 2.12. The summed E-state index contributed by atoms with van der Waals surface area (Å²) in [5, 5.41) is 12.0. The number of carbonyl (C=O) groups is 1. The number of hydrogen-bond donors (Lipinski definition) is 1. The number of nitrogens with zero attached hydrogens (tertiary/aromatic N) is 4. The molecule has 0 aliphatic rings. The first-order valence-corrected chi connectivity index (χ1v) is 4.72. The van der Waals surface area contributed by atoms with E-state index in [9.17, 15) is 9.18 Å². The van der Waals surface area contributed by atoms with Crippen LogP contribution in [0.15, 0.2) is 23.5 Å². The van der Waals surface area contributed by atoms with Crippen LogP contribution in [0, 0.1) is 5.82 Å². The van der Waals surface area contributed by atoms with Crippen LogP contribution in [-0.4, -0.2) is 22.6 Å². The van der Waals surface area contributed by atoms with E-state index >= 15 is 0 Å². The molecule has 1 rings (SSSR count). The van der Waals surface area contributed by atoms with E-state index in [1.54, 1.807) is 6.08 Å². The molecule has 1 N–H and O–H groups in total. The Hall–Kier alpha value is -2.40. The highest BCUT2D eigenvalue weighted by atomic mass is 19.1. The Morgan fingerprint density at radius 1 is 1.71 bits per heavy atom. The van der Waals surface area contributed by atoms with Gasteiger partial charge in [-0.25, -0.2) is 9.18 Å². The predicted molar refractivity (Wildman–Crippen MR) is 58.8 cm³/mol. The molecule has 0 unspecified atom stereocenters. The number of rotatable bonds is 5. The number of hydrogen-bond acceptors (Lipinski definition) is 3. The van der Waals surface area contributed by atoms with Gasteiger partial charge in [-0.3, -0.25) is 4.98 Å². The number of aromatic carboxylic acids is 1. The molecule has 0 fully saturated rings. The van der Waals surface area contributed by atoms with E-state index in [1.807, 2.05) is 0 Å². The van der Waals surface area contributed by atoms with Gasteiger partial charge in [0, 0.05) is 17.7 Å². The lowest BCUT2D eigenvalue weighted by Gasteiger charge is -1.99. The normalized spacial score (nSPS) is 10.2. The van der Waals surface area contributed by atoms with Crippen LogP contribution in [0.5, 0.6) is 0 Å². The fourth-order valence-corrected chi connectivity index (χ4v) is 1.11. The topological polar surface area (TPSA) is 99.0 Å². The van der Waals surface area contributed by atoms with Crippen LogP contribution in [0.2, 0.25) is 0 Å². The van der Waals surface area contributed by atoms with Gasteiger partial charge in [-0.1, -0.05) is 11.2 Å². The first kappa shape index (κ1) is 12.7. The molecule has 0 aromatic carbocycles. The Balaban J connectivity index is 2.81. The lowest BCUT2D eigenvalue weighted by molar-refractivity contribution is 0.0691. The maximum Gasteiger partial charge on any atom is 0.338 e. The number of azide groups is 1. The summed E-state index contributed by atoms with van der Waals surface area (Å²) in [5.74, 6) is -2.21. The van der Waals surface area contributed by atoms with Crippen molar-refractivity contribution >= 4 is 12.0 Å². The van der Waals surface area contributed by atoms with Crippen molar-refractivity contribution in [3.63, 3.8) is 0 Å². The second-order valence-electron chi connectivity index (χ2n) is 3.01. The molecule has 0 atom stereocenters. The largest absolute Gasteiger partial charge is 0.478 e. The molecule has 0 radical (unpaired) electrons. The lowest BCUT2D eigenvalue weighted by atomic mass is 10.2. The zero-order chi connectivity index (χ0) is 12.7. The Morgan fingerprint density at radius 2 is 2.47 bits per heavy atom. The van der Waals surface area contributed by atoms with Crippen LogP contribution in [0.25, 0.3) is 16.5 Å². The van der Waals surface area contributed by atoms with Crippen molar-refractivity contribution < 1.29 is 14.3 Å². The van der Waals surface area contributed by atoms with Gasteiger partial charge in [0.2, 0.25) is 0 Å². The molecule has 0 amide bonds. The number of aromatic nitrogens is 1. The van der Waals surface area contributed by atoms with Gasteiger partial charge in [0.1, 0.15) is 0 Å². The fraction of sp³-hybridized carbons (Fsp3) is 0.200. The quantitative estimate of drug-likeness (QED) is 0.368. The van der Waals surface area contributed by atoms with Crippen LogP contribution >= 0.6 is 0 Å². The van der Waals surface area contributed by atoms with E-state index in [1.165, 1.54) is 12.3 Å². The summed E-state index contributed by atoms with van der Waals surface area (Å²) in [5.41, 5.74) is 7.55. The van der Waals surface area contributed by atoms with Crippen LogP contribution in [-0.2, 0) is 0 Å². The van der Waals surface area contributed by atoms with Gasteiger partial charge in [0.15, 0.2) is 5.82 Å². The highest BCUT2D eigenvalue weighted by molar-refractivity contribution is 5.88. The second-order valence-corrected chi connectivity index (χ2v) is 3.01. The van der Waals surface area contributed by atoms with Gasteiger partial charge in [-0.2, -0.15) is 0 Å². The molecule has 6 nitrogen and oxygen atoms in total. The summed E-state index contributed by atoms with van der Waals surface area (Å²) >= 11 is 0. The van der Waals surface area contributed by atoms with Crippen LogP contribution in [0.4, 0.5) is 4.39 Å². The van der Waals surface area contributed by atoms with Crippen molar-refractivity contribution in [2.45, 2.75) is 6.42 Å². The number of halogens is 1. The van der Waals surface area contributed by atoms with E-state index in [4.69, 9.17) is 10.6 Å². The number of carboxylic acids is 1. The van der Waals surface area contributed by atoms with Crippen LogP contribution < -0.4 is 0 Å². The molecule has 0 saturated carbocycles. The third-order valence-electron chi connectivity index (χ3n) is 1.88. The third kappa shape index (κ3) is 3.58. The molecule has 1 heterocycles. The van der Waals surface area contributed by atoms with Crippen molar-refractivity contribution in [3.8, 4) is 0 Å². The maximum atomic E-state index is 13.5. The third-order valence-corrected chi connectivity index (χ3v) is 1.88. The molecule has 0 saturated heterocycles. The molecule has 0 aliphatic carbocycles. The van der Waals surface area contributed by atoms with E-state index in [-0.39, 0.29) is 12.2 Å². The minimum Gasteiger partial charge on any atom is -0.478 e. The standard InChI is InChI=1S/C10H9FN4O2/c11-9-7(10(16)17)4-6-13-8(9)3-1-2-5-14-15-12/h1,3-4,6H,2,5H2,(H,16,17). The van der Waals surface area contributed by atoms with Crippen molar-refractivity contribution in [3.05, 3.63) is 45.9 Å². The molecule has 17 heavy (non-hydrogen) atoms. The smallest absolute Gasteiger partial charge is 0.338 e. The molecule has 1 aromatic heterocycles. The summed E-state index contributed by atoms with van der Waals surface area (Å²) in [6, 6.07) is 1.09. The van der Waals surface area contributed by atoms with Gasteiger partial charge in [0.25, 0.3) is 0 Å². The summed E-state index contributed by atoms with van der Waals surface area (Å²) in [6.45, 7) is 0.257. The SMILES string of the molecule is [N-]=[N+]=NCCC=Cc1nccc(C(=O)O)c1F. The Kier molecular flexibility index (Phi) is 4.65. The van der Waals surface area contributed by atoms with Gasteiger partial charge in [-0.05, 0) is 24.1 Å². The number of carboxylic acid groups (broad SMARTS) is 1. The van der Waals surface area contributed by atoms with Gasteiger partial charge >= 0.3 is 5.97 Å². The average molecular weight is 236 g/mol. The van der Waals surface area contributed by atoms with E-state index in [0.717, 1.165) is 6.07 Å². The highest BCUT2D eigenvalue weighted by Gasteiger charge is 2.12. The minimum absolute atomic E-state index is 0.0502. The predicted octanol–water partition coefficient (Wildman–Crippen LogP) is 2.63. The summed E-state index contributed by atoms with van der Waals surface area (Å²) in [6.07, 6.45) is 4.57. The van der Waals surface area contributed by atoms with Crippen molar-refractivity contribution in [1.29, 1.82) is 0 Å². The van der Waals surface area contributed by atoms with Crippen LogP contribution in [0.3, 0.4) is 0 Å². The molecule has 1 aromatic rings. The van der Waals surface area contributed by atoms with Crippen molar-refractivity contribution in [2.75, 3.05) is 6.54 Å². The summed E-state index contributed by atoms with van der Waals surface area (Å²) in [7, 11) is 0. The maximum absolute atomic E-state index is 13.5. The Labute approximate surface area is 96.0 Å². The van der Waals surface area contributed by atoms with E-state index in [2.05, 4.69) is 15.0 Å². The molecule has 0 spiro atoms. The Morgan fingerprint density at radius 3 is 3.12 bits per heavy atom. The van der Waals surface area contributed by atoms with Crippen molar-refractivity contribution in [2.24, 2.45) is 5.11 Å².